The van der Waals surface area contributed by atoms with Crippen molar-refractivity contribution in [2.75, 3.05) is 5.73 Å². The van der Waals surface area contributed by atoms with Gasteiger partial charge in [0.1, 0.15) is 5.01 Å². The predicted octanol–water partition coefficient (Wildman–Crippen LogP) is 4.78. The summed E-state index contributed by atoms with van der Waals surface area (Å²) in [6.45, 7) is 0. The molecular weight excluding hydrogens is 290 g/mol. The zero-order chi connectivity index (χ0) is 14.9. The highest BCUT2D eigenvalue weighted by molar-refractivity contribution is 7.20. The maximum atomic E-state index is 6.02. The van der Waals surface area contributed by atoms with E-state index in [1.54, 1.807) is 11.3 Å². The van der Waals surface area contributed by atoms with Crippen molar-refractivity contribution in [3.63, 3.8) is 0 Å². The molecule has 1 aromatic heterocycles. The van der Waals surface area contributed by atoms with E-state index in [2.05, 4.69) is 16.0 Å². The van der Waals surface area contributed by atoms with E-state index in [9.17, 15) is 0 Å². The van der Waals surface area contributed by atoms with Crippen molar-refractivity contribution in [3.05, 3.63) is 65.7 Å². The standard InChI is InChI=1S/C18H13N3S/c19-14-9-10-15(13-6-2-1-5-12(13)14)20-11-18-21-16-7-3-4-8-17(16)22-18/h1-11H,19H2/b20-11+. The highest BCUT2D eigenvalue weighted by Crippen LogP contribution is 2.30. The lowest BCUT2D eigenvalue weighted by Crippen LogP contribution is -1.86. The third-order valence-electron chi connectivity index (χ3n) is 3.56. The number of anilines is 1. The van der Waals surface area contributed by atoms with E-state index in [4.69, 9.17) is 5.73 Å². The fourth-order valence-corrected chi connectivity index (χ4v) is 3.33. The Labute approximate surface area is 131 Å². The lowest BCUT2D eigenvalue weighted by atomic mass is 10.1. The van der Waals surface area contributed by atoms with Crippen molar-refractivity contribution in [2.24, 2.45) is 4.99 Å². The average Bonchev–Trinajstić information content (AvgIpc) is 2.97. The summed E-state index contributed by atoms with van der Waals surface area (Å²) < 4.78 is 1.17. The van der Waals surface area contributed by atoms with E-state index in [1.807, 2.05) is 60.8 Å². The van der Waals surface area contributed by atoms with Crippen molar-refractivity contribution < 1.29 is 0 Å². The molecule has 4 aromatic rings. The number of hydrogen-bond donors (Lipinski definition) is 1. The van der Waals surface area contributed by atoms with E-state index < -0.39 is 0 Å². The molecule has 0 amide bonds. The Hall–Kier alpha value is -2.72. The molecule has 0 atom stereocenters. The maximum absolute atomic E-state index is 6.02. The quantitative estimate of drug-likeness (QED) is 0.428. The molecule has 3 aromatic carbocycles. The summed E-state index contributed by atoms with van der Waals surface area (Å²) in [6, 6.07) is 20.0. The number of nitrogen functional groups attached to an aromatic ring is 1. The lowest BCUT2D eigenvalue weighted by Gasteiger charge is -2.04. The molecule has 0 saturated heterocycles. The highest BCUT2D eigenvalue weighted by atomic mass is 32.1. The first-order chi connectivity index (χ1) is 10.8. The Morgan fingerprint density at radius 3 is 2.55 bits per heavy atom. The Balaban J connectivity index is 1.78. The zero-order valence-electron chi connectivity index (χ0n) is 11.7. The van der Waals surface area contributed by atoms with E-state index in [-0.39, 0.29) is 0 Å². The molecule has 106 valence electrons. The summed E-state index contributed by atoms with van der Waals surface area (Å²) in [5, 5.41) is 2.99. The minimum Gasteiger partial charge on any atom is -0.398 e. The molecule has 0 bridgehead atoms. The van der Waals surface area contributed by atoms with Gasteiger partial charge in [0.15, 0.2) is 0 Å². The molecule has 2 N–H and O–H groups in total. The molecule has 3 nitrogen and oxygen atoms in total. The molecule has 0 fully saturated rings. The summed E-state index contributed by atoms with van der Waals surface area (Å²) in [4.78, 5) is 9.18. The number of thiazole rings is 1. The largest absolute Gasteiger partial charge is 0.398 e. The molecule has 0 aliphatic carbocycles. The van der Waals surface area contributed by atoms with Gasteiger partial charge in [-0.2, -0.15) is 0 Å². The average molecular weight is 303 g/mol. The van der Waals surface area contributed by atoms with Crippen molar-refractivity contribution >= 4 is 49.9 Å². The van der Waals surface area contributed by atoms with Crippen LogP contribution in [0.25, 0.3) is 21.0 Å². The smallest absolute Gasteiger partial charge is 0.135 e. The van der Waals surface area contributed by atoms with Crippen molar-refractivity contribution in [3.8, 4) is 0 Å². The highest BCUT2D eigenvalue weighted by Gasteiger charge is 2.03. The minimum atomic E-state index is 0.773. The van der Waals surface area contributed by atoms with Gasteiger partial charge in [0, 0.05) is 16.5 Å². The summed E-state index contributed by atoms with van der Waals surface area (Å²) in [6.07, 6.45) is 1.82. The number of nitrogens with zero attached hydrogens (tertiary/aromatic N) is 2. The molecule has 0 unspecified atom stereocenters. The second-order valence-electron chi connectivity index (χ2n) is 5.00. The van der Waals surface area contributed by atoms with Gasteiger partial charge < -0.3 is 5.73 Å². The number of fused-ring (bicyclic) bond motifs is 2. The molecular formula is C18H13N3S. The molecule has 4 rings (SSSR count). The fraction of sp³-hybridized carbons (Fsp3) is 0. The van der Waals surface area contributed by atoms with Crippen LogP contribution in [0, 0.1) is 0 Å². The molecule has 4 heteroatoms. The summed E-state index contributed by atoms with van der Waals surface area (Å²) in [5.74, 6) is 0. The molecule has 0 aliphatic heterocycles. The van der Waals surface area contributed by atoms with Crippen LogP contribution >= 0.6 is 11.3 Å². The number of para-hydroxylation sites is 1. The third-order valence-corrected chi connectivity index (χ3v) is 4.53. The van der Waals surface area contributed by atoms with Gasteiger partial charge in [0.2, 0.25) is 0 Å². The topological polar surface area (TPSA) is 51.3 Å². The van der Waals surface area contributed by atoms with Crippen LogP contribution in [0.4, 0.5) is 11.4 Å². The summed E-state index contributed by atoms with van der Waals surface area (Å²) >= 11 is 1.64. The Morgan fingerprint density at radius 2 is 1.68 bits per heavy atom. The predicted molar refractivity (Wildman–Crippen MR) is 95.2 cm³/mol. The minimum absolute atomic E-state index is 0.773. The van der Waals surface area contributed by atoms with Crippen LogP contribution in [-0.4, -0.2) is 11.2 Å². The molecule has 0 radical (unpaired) electrons. The van der Waals surface area contributed by atoms with Crippen molar-refractivity contribution in [2.45, 2.75) is 0 Å². The van der Waals surface area contributed by atoms with Gasteiger partial charge in [-0.15, -0.1) is 11.3 Å². The molecule has 0 saturated carbocycles. The normalized spacial score (nSPS) is 11.6. The first kappa shape index (κ1) is 13.0. The van der Waals surface area contributed by atoms with E-state index in [0.29, 0.717) is 0 Å². The number of aliphatic imine (C=N–C) groups is 1. The van der Waals surface area contributed by atoms with E-state index >= 15 is 0 Å². The van der Waals surface area contributed by atoms with Crippen LogP contribution in [0.2, 0.25) is 0 Å². The van der Waals surface area contributed by atoms with Gasteiger partial charge in [-0.1, -0.05) is 36.4 Å². The van der Waals surface area contributed by atoms with Gasteiger partial charge in [-0.05, 0) is 24.3 Å². The molecule has 0 spiro atoms. The first-order valence-corrected chi connectivity index (χ1v) is 7.80. The van der Waals surface area contributed by atoms with Crippen molar-refractivity contribution in [1.29, 1.82) is 0 Å². The Kier molecular flexibility index (Phi) is 3.09. The number of aromatic nitrogens is 1. The van der Waals surface area contributed by atoms with Crippen LogP contribution < -0.4 is 5.73 Å². The lowest BCUT2D eigenvalue weighted by molar-refractivity contribution is 1.46. The number of hydrogen-bond acceptors (Lipinski definition) is 4. The van der Waals surface area contributed by atoms with Crippen LogP contribution in [0.1, 0.15) is 5.01 Å². The third kappa shape index (κ3) is 2.23. The first-order valence-electron chi connectivity index (χ1n) is 6.98. The SMILES string of the molecule is Nc1ccc(/N=C/c2nc3ccccc3s2)c2ccccc12. The molecule has 1 heterocycles. The van der Waals surface area contributed by atoms with Gasteiger partial charge >= 0.3 is 0 Å². The van der Waals surface area contributed by atoms with Crippen LogP contribution in [-0.2, 0) is 0 Å². The van der Waals surface area contributed by atoms with Gasteiger partial charge in [0.25, 0.3) is 0 Å². The van der Waals surface area contributed by atoms with Gasteiger partial charge in [-0.3, -0.25) is 4.99 Å². The zero-order valence-corrected chi connectivity index (χ0v) is 12.5. The van der Waals surface area contributed by atoms with E-state index in [0.717, 1.165) is 32.7 Å². The Bertz CT molecular complexity index is 968. The van der Waals surface area contributed by atoms with Crippen molar-refractivity contribution in [1.82, 2.24) is 4.98 Å². The number of nitrogens with two attached hydrogens (primary N) is 1. The second kappa shape index (κ2) is 5.24. The van der Waals surface area contributed by atoms with E-state index in [1.165, 1.54) is 4.70 Å². The Morgan fingerprint density at radius 1 is 0.909 bits per heavy atom. The fourth-order valence-electron chi connectivity index (χ4n) is 2.49. The molecule has 0 aliphatic rings. The van der Waals surface area contributed by atoms with Crippen LogP contribution in [0.5, 0.6) is 0 Å². The maximum Gasteiger partial charge on any atom is 0.135 e. The molecule has 22 heavy (non-hydrogen) atoms. The van der Waals surface area contributed by atoms with Crippen LogP contribution in [0.3, 0.4) is 0 Å². The summed E-state index contributed by atoms with van der Waals surface area (Å²) in [5.41, 5.74) is 8.71. The monoisotopic (exact) mass is 303 g/mol. The number of rotatable bonds is 2. The summed E-state index contributed by atoms with van der Waals surface area (Å²) in [7, 11) is 0. The number of benzene rings is 3. The second-order valence-corrected chi connectivity index (χ2v) is 6.06. The van der Waals surface area contributed by atoms with Crippen LogP contribution in [0.15, 0.2) is 65.7 Å². The van der Waals surface area contributed by atoms with Gasteiger partial charge in [-0.25, -0.2) is 4.98 Å². The van der Waals surface area contributed by atoms with Gasteiger partial charge in [0.05, 0.1) is 22.1 Å².